The number of morpholine rings is 1. The second-order valence-electron chi connectivity index (χ2n) is 14.0. The number of carbonyl (C=O) groups excluding carboxylic acids is 2. The van der Waals surface area contributed by atoms with Crippen LogP contribution in [0.3, 0.4) is 0 Å². The van der Waals surface area contributed by atoms with Gasteiger partial charge in [0.05, 0.1) is 38.5 Å². The average molecular weight is 642 g/mol. The molecule has 7 rings (SSSR count). The van der Waals surface area contributed by atoms with Gasteiger partial charge in [0, 0.05) is 81.4 Å². The highest BCUT2D eigenvalue weighted by molar-refractivity contribution is 6.08. The molecule has 4 aliphatic heterocycles. The van der Waals surface area contributed by atoms with E-state index >= 15 is 0 Å². The molecular formula is C37H47N5O5. The Kier molecular flexibility index (Phi) is 9.09. The molecule has 0 unspecified atom stereocenters. The summed E-state index contributed by atoms with van der Waals surface area (Å²) in [6.45, 7) is 13.5. The zero-order chi connectivity index (χ0) is 32.5. The second kappa shape index (κ2) is 13.4. The lowest BCUT2D eigenvalue weighted by atomic mass is 9.75. The highest BCUT2D eigenvalue weighted by atomic mass is 16.5. The van der Waals surface area contributed by atoms with E-state index in [4.69, 9.17) is 19.3 Å². The summed E-state index contributed by atoms with van der Waals surface area (Å²) in [5.74, 6) is 1.47. The zero-order valence-electron chi connectivity index (χ0n) is 28.0. The summed E-state index contributed by atoms with van der Waals surface area (Å²) in [7, 11) is 1.66. The van der Waals surface area contributed by atoms with E-state index in [1.165, 1.54) is 0 Å². The Bertz CT molecular complexity index is 1540. The molecule has 2 saturated heterocycles. The largest absolute Gasteiger partial charge is 0.493 e. The molecular weight excluding hydrogens is 594 g/mol. The fourth-order valence-electron chi connectivity index (χ4n) is 7.62. The molecule has 2 aromatic rings. The normalized spacial score (nSPS) is 24.4. The van der Waals surface area contributed by atoms with Crippen molar-refractivity contribution in [3.05, 3.63) is 70.8 Å². The standard InChI is InChI=1S/C37H47N5O5/c1-37(2)24-31-29(12-13-32(45-3)34(31)47-37)33-28-6-4-5-7-30(28)36(44)42(38-33)25-26-8-10-27(11-9-26)35(43)41-18-16-39(17-19-41)14-15-40-20-22-46-23-21-40/h4-5,8-13,28,30H,6-7,14-25H2,1-3H3/t28-,30+/m0/s1. The molecule has 0 saturated carbocycles. The third kappa shape index (κ3) is 6.68. The number of ether oxygens (including phenoxy) is 3. The van der Waals surface area contributed by atoms with E-state index < -0.39 is 0 Å². The zero-order valence-corrected chi connectivity index (χ0v) is 28.0. The topological polar surface area (TPSA) is 87.2 Å². The van der Waals surface area contributed by atoms with E-state index in [-0.39, 0.29) is 29.3 Å². The molecule has 2 aromatic carbocycles. The van der Waals surface area contributed by atoms with Gasteiger partial charge in [-0.2, -0.15) is 5.10 Å². The van der Waals surface area contributed by atoms with E-state index in [9.17, 15) is 9.59 Å². The van der Waals surface area contributed by atoms with Crippen LogP contribution in [0.4, 0.5) is 0 Å². The van der Waals surface area contributed by atoms with Crippen LogP contribution in [0.1, 0.15) is 53.7 Å². The van der Waals surface area contributed by atoms with Gasteiger partial charge in [-0.3, -0.25) is 19.4 Å². The number of fused-ring (bicyclic) bond motifs is 2. The number of hydrogen-bond donors (Lipinski definition) is 0. The Hall–Kier alpha value is -3.73. The van der Waals surface area contributed by atoms with Crippen LogP contribution in [0.15, 0.2) is 53.7 Å². The SMILES string of the molecule is COc1ccc(C2=NN(Cc3ccc(C(=O)N4CCN(CCN5CCOCC5)CC4)cc3)C(=O)[C@@H]3CC=CC[C@H]23)c2c1OC(C)(C)C2. The molecule has 10 heteroatoms. The van der Waals surface area contributed by atoms with Crippen molar-refractivity contribution >= 4 is 17.5 Å². The summed E-state index contributed by atoms with van der Waals surface area (Å²) in [5, 5.41) is 6.70. The first kappa shape index (κ1) is 31.8. The van der Waals surface area contributed by atoms with Gasteiger partial charge in [-0.25, -0.2) is 5.01 Å². The van der Waals surface area contributed by atoms with E-state index in [0.29, 0.717) is 18.5 Å². The van der Waals surface area contributed by atoms with Gasteiger partial charge < -0.3 is 19.1 Å². The van der Waals surface area contributed by atoms with Crippen molar-refractivity contribution in [3.8, 4) is 11.5 Å². The number of hydrogen-bond acceptors (Lipinski definition) is 8. The van der Waals surface area contributed by atoms with Crippen LogP contribution in [-0.4, -0.2) is 116 Å². The smallest absolute Gasteiger partial charge is 0.253 e. The average Bonchev–Trinajstić information content (AvgIpc) is 3.44. The fourth-order valence-corrected chi connectivity index (χ4v) is 7.62. The number of hydrazone groups is 1. The minimum absolute atomic E-state index is 0.0183. The number of methoxy groups -OCH3 is 1. The molecule has 0 bridgehead atoms. The molecule has 2 atom stereocenters. The Morgan fingerprint density at radius 1 is 0.915 bits per heavy atom. The predicted molar refractivity (Wildman–Crippen MR) is 180 cm³/mol. The van der Waals surface area contributed by atoms with Crippen LogP contribution in [0.5, 0.6) is 11.5 Å². The highest BCUT2D eigenvalue weighted by Gasteiger charge is 2.43. The molecule has 0 spiro atoms. The maximum absolute atomic E-state index is 13.8. The van der Waals surface area contributed by atoms with Gasteiger partial charge in [0.25, 0.3) is 5.91 Å². The summed E-state index contributed by atoms with van der Waals surface area (Å²) in [4.78, 5) is 34.0. The van der Waals surface area contributed by atoms with E-state index in [0.717, 1.165) is 112 Å². The first-order chi connectivity index (χ1) is 22.8. The first-order valence-corrected chi connectivity index (χ1v) is 17.1. The van der Waals surface area contributed by atoms with Crippen molar-refractivity contribution in [3.63, 3.8) is 0 Å². The molecule has 4 heterocycles. The third-order valence-electron chi connectivity index (χ3n) is 10.3. The number of amides is 2. The Morgan fingerprint density at radius 2 is 1.60 bits per heavy atom. The van der Waals surface area contributed by atoms with E-state index in [1.807, 2.05) is 35.2 Å². The van der Waals surface area contributed by atoms with Crippen molar-refractivity contribution in [2.45, 2.75) is 45.3 Å². The van der Waals surface area contributed by atoms with Gasteiger partial charge in [-0.1, -0.05) is 24.3 Å². The second-order valence-corrected chi connectivity index (χ2v) is 14.0. The lowest BCUT2D eigenvalue weighted by molar-refractivity contribution is -0.138. The van der Waals surface area contributed by atoms with Crippen molar-refractivity contribution in [2.24, 2.45) is 16.9 Å². The summed E-state index contributed by atoms with van der Waals surface area (Å²) >= 11 is 0. The van der Waals surface area contributed by atoms with Crippen LogP contribution < -0.4 is 9.47 Å². The van der Waals surface area contributed by atoms with Gasteiger partial charge in [0.15, 0.2) is 11.5 Å². The maximum Gasteiger partial charge on any atom is 0.253 e. The highest BCUT2D eigenvalue weighted by Crippen LogP contribution is 2.46. The molecule has 250 valence electrons. The quantitative estimate of drug-likeness (QED) is 0.405. The summed E-state index contributed by atoms with van der Waals surface area (Å²) in [5.41, 5.74) is 4.35. The van der Waals surface area contributed by atoms with Crippen LogP contribution in [0.25, 0.3) is 0 Å². The van der Waals surface area contributed by atoms with Gasteiger partial charge in [0.2, 0.25) is 5.91 Å². The molecule has 5 aliphatic rings. The summed E-state index contributed by atoms with van der Waals surface area (Å²) in [6.07, 6.45) is 6.52. The maximum atomic E-state index is 13.8. The number of benzene rings is 2. The number of rotatable bonds is 8. The van der Waals surface area contributed by atoms with Crippen LogP contribution in [0.2, 0.25) is 0 Å². The van der Waals surface area contributed by atoms with Gasteiger partial charge >= 0.3 is 0 Å². The number of nitrogens with zero attached hydrogens (tertiary/aromatic N) is 5. The van der Waals surface area contributed by atoms with Crippen molar-refractivity contribution in [1.29, 1.82) is 0 Å². The van der Waals surface area contributed by atoms with Gasteiger partial charge in [-0.15, -0.1) is 0 Å². The van der Waals surface area contributed by atoms with E-state index in [2.05, 4.69) is 41.9 Å². The van der Waals surface area contributed by atoms with E-state index in [1.54, 1.807) is 12.1 Å². The van der Waals surface area contributed by atoms with Crippen LogP contribution in [-0.2, 0) is 22.5 Å². The van der Waals surface area contributed by atoms with Crippen molar-refractivity contribution < 1.29 is 23.8 Å². The Morgan fingerprint density at radius 3 is 2.30 bits per heavy atom. The van der Waals surface area contributed by atoms with Crippen molar-refractivity contribution in [1.82, 2.24) is 19.7 Å². The lowest BCUT2D eigenvalue weighted by Gasteiger charge is -2.37. The van der Waals surface area contributed by atoms with Gasteiger partial charge in [0.1, 0.15) is 5.60 Å². The Balaban J connectivity index is 1.03. The molecule has 0 aromatic heterocycles. The molecule has 10 nitrogen and oxygen atoms in total. The summed E-state index contributed by atoms with van der Waals surface area (Å²) < 4.78 is 17.4. The molecule has 2 amide bonds. The number of piperazine rings is 1. The monoisotopic (exact) mass is 641 g/mol. The third-order valence-corrected chi connectivity index (χ3v) is 10.3. The first-order valence-electron chi connectivity index (χ1n) is 17.1. The van der Waals surface area contributed by atoms with Crippen LogP contribution >= 0.6 is 0 Å². The van der Waals surface area contributed by atoms with Crippen LogP contribution in [0, 0.1) is 11.8 Å². The predicted octanol–water partition coefficient (Wildman–Crippen LogP) is 3.83. The van der Waals surface area contributed by atoms with Crippen molar-refractivity contribution in [2.75, 3.05) is 72.7 Å². The molecule has 47 heavy (non-hydrogen) atoms. The molecule has 2 fully saturated rings. The molecule has 1 aliphatic carbocycles. The summed E-state index contributed by atoms with van der Waals surface area (Å²) in [6, 6.07) is 11.7. The minimum atomic E-state index is -0.349. The fraction of sp³-hybridized carbons (Fsp3) is 0.541. The molecule has 0 radical (unpaired) electrons. The van der Waals surface area contributed by atoms with Gasteiger partial charge in [-0.05, 0) is 56.5 Å². The lowest BCUT2D eigenvalue weighted by Crippen LogP contribution is -2.51. The minimum Gasteiger partial charge on any atom is -0.493 e. The molecule has 0 N–H and O–H groups in total. The number of allylic oxidation sites excluding steroid dienone is 2. The number of carbonyl (C=O) groups is 2. The Labute approximate surface area is 277 Å².